The highest BCUT2D eigenvalue weighted by atomic mass is 35.5. The van der Waals surface area contributed by atoms with Crippen molar-refractivity contribution in [2.24, 2.45) is 0 Å². The summed E-state index contributed by atoms with van der Waals surface area (Å²) in [4.78, 5) is 30.4. The van der Waals surface area contributed by atoms with E-state index in [1.807, 2.05) is 42.5 Å². The van der Waals surface area contributed by atoms with Crippen LogP contribution in [-0.4, -0.2) is 48.3 Å². The molecule has 1 aliphatic heterocycles. The normalized spacial score (nSPS) is 23.4. The third kappa shape index (κ3) is 4.54. The fraction of sp³-hybridized carbons (Fsp3) is 0.417. The Labute approximate surface area is 192 Å². The van der Waals surface area contributed by atoms with Gasteiger partial charge in [0, 0.05) is 18.3 Å². The van der Waals surface area contributed by atoms with Gasteiger partial charge in [0.2, 0.25) is 0 Å². The molecule has 0 radical (unpaired) electrons. The monoisotopic (exact) mass is 457 g/mol. The van der Waals surface area contributed by atoms with Crippen LogP contribution in [-0.2, 0) is 4.74 Å². The Morgan fingerprint density at radius 2 is 1.81 bits per heavy atom. The summed E-state index contributed by atoms with van der Waals surface area (Å²) in [5.41, 5.74) is 3.50. The lowest BCUT2D eigenvalue weighted by Gasteiger charge is -2.35. The van der Waals surface area contributed by atoms with E-state index in [1.165, 1.54) is 5.56 Å². The Bertz CT molecular complexity index is 1120. The van der Waals surface area contributed by atoms with Gasteiger partial charge in [-0.2, -0.15) is 0 Å². The first-order chi connectivity index (χ1) is 15.1. The number of amides is 1. The number of nitrogens with zero attached hydrogens (tertiary/aromatic N) is 2. The fourth-order valence-corrected chi connectivity index (χ4v) is 4.97. The molecule has 8 heteroatoms. The standard InChI is InChI=1S/C24H27N3O4.ClH/c1-26(14-20-15-27(24(29)30-20)19-5-3-2-4-6-19)18-10-7-16(8-11-18)17-9-12-21-22(13-17)31-23(28)25-21;/h2-6,9,12-13,16,18,20H,7-8,10-11,14-15H2,1H3,(H,25,28);1H. The SMILES string of the molecule is CN(CC1CN(c2ccccc2)C(=O)O1)C1CCC(c2ccc3[nH]c(=O)oc3c2)CC1.Cl. The highest BCUT2D eigenvalue weighted by Gasteiger charge is 2.34. The smallest absolute Gasteiger partial charge is 0.417 e. The molecule has 0 bridgehead atoms. The fourth-order valence-electron chi connectivity index (χ4n) is 4.97. The molecule has 3 aromatic rings. The zero-order valence-corrected chi connectivity index (χ0v) is 18.8. The van der Waals surface area contributed by atoms with Gasteiger partial charge < -0.3 is 9.15 Å². The molecule has 1 aromatic heterocycles. The molecule has 1 atom stereocenters. The van der Waals surface area contributed by atoms with E-state index in [0.717, 1.165) is 43.4 Å². The van der Waals surface area contributed by atoms with E-state index in [1.54, 1.807) is 4.90 Å². The molecule has 2 aromatic carbocycles. The lowest BCUT2D eigenvalue weighted by Crippen LogP contribution is -2.40. The van der Waals surface area contributed by atoms with Crippen molar-refractivity contribution in [1.82, 2.24) is 9.88 Å². The van der Waals surface area contributed by atoms with Gasteiger partial charge >= 0.3 is 11.8 Å². The van der Waals surface area contributed by atoms with Crippen molar-refractivity contribution in [2.75, 3.05) is 25.0 Å². The first-order valence-corrected chi connectivity index (χ1v) is 10.9. The number of benzene rings is 2. The number of para-hydroxylation sites is 1. The predicted octanol–water partition coefficient (Wildman–Crippen LogP) is 4.53. The van der Waals surface area contributed by atoms with Crippen molar-refractivity contribution in [3.63, 3.8) is 0 Å². The van der Waals surface area contributed by atoms with E-state index in [4.69, 9.17) is 9.15 Å². The van der Waals surface area contributed by atoms with Crippen LogP contribution in [0.5, 0.6) is 0 Å². The van der Waals surface area contributed by atoms with Gasteiger partial charge in [-0.15, -0.1) is 12.4 Å². The lowest BCUT2D eigenvalue weighted by atomic mass is 9.81. The van der Waals surface area contributed by atoms with Gasteiger partial charge in [-0.3, -0.25) is 14.8 Å². The number of nitrogens with one attached hydrogen (secondary N) is 1. The third-order valence-electron chi connectivity index (χ3n) is 6.67. The summed E-state index contributed by atoms with van der Waals surface area (Å²) in [6, 6.07) is 16.2. The highest BCUT2D eigenvalue weighted by Crippen LogP contribution is 2.35. The van der Waals surface area contributed by atoms with Gasteiger partial charge in [-0.05, 0) is 68.5 Å². The number of oxazole rings is 1. The summed E-state index contributed by atoms with van der Waals surface area (Å²) in [6.45, 7) is 1.33. The number of likely N-dealkylation sites (N-methyl/N-ethyl adjacent to an activating group) is 1. The van der Waals surface area contributed by atoms with Crippen LogP contribution >= 0.6 is 12.4 Å². The summed E-state index contributed by atoms with van der Waals surface area (Å²) in [5.74, 6) is 0.0723. The topological polar surface area (TPSA) is 78.8 Å². The van der Waals surface area contributed by atoms with Gasteiger partial charge in [0.05, 0.1) is 12.1 Å². The van der Waals surface area contributed by atoms with Crippen LogP contribution in [0.15, 0.2) is 57.7 Å². The number of anilines is 1. The maximum absolute atomic E-state index is 12.3. The van der Waals surface area contributed by atoms with Crippen molar-refractivity contribution < 1.29 is 13.9 Å². The Kier molecular flexibility index (Phi) is 6.58. The molecule has 2 aliphatic rings. The molecule has 7 nitrogen and oxygen atoms in total. The minimum absolute atomic E-state index is 0. The average Bonchev–Trinajstić information content (AvgIpc) is 3.34. The molecule has 32 heavy (non-hydrogen) atoms. The summed E-state index contributed by atoms with van der Waals surface area (Å²) >= 11 is 0. The van der Waals surface area contributed by atoms with Gasteiger partial charge in [0.25, 0.3) is 0 Å². The Morgan fingerprint density at radius 3 is 2.56 bits per heavy atom. The van der Waals surface area contributed by atoms with Gasteiger partial charge in [-0.1, -0.05) is 24.3 Å². The molecule has 5 rings (SSSR count). The zero-order chi connectivity index (χ0) is 21.4. The molecule has 1 unspecified atom stereocenters. The molecule has 2 heterocycles. The molecule has 1 amide bonds. The molecule has 2 fully saturated rings. The van der Waals surface area contributed by atoms with Crippen LogP contribution in [0.4, 0.5) is 10.5 Å². The van der Waals surface area contributed by atoms with Gasteiger partial charge in [-0.25, -0.2) is 9.59 Å². The number of hydrogen-bond donors (Lipinski definition) is 1. The summed E-state index contributed by atoms with van der Waals surface area (Å²) < 4.78 is 10.8. The van der Waals surface area contributed by atoms with Crippen LogP contribution in [0.1, 0.15) is 37.2 Å². The van der Waals surface area contributed by atoms with Crippen molar-refractivity contribution in [3.05, 3.63) is 64.6 Å². The maximum Gasteiger partial charge on any atom is 0.417 e. The number of fused-ring (bicyclic) bond motifs is 1. The number of hydrogen-bond acceptors (Lipinski definition) is 5. The number of rotatable bonds is 5. The summed E-state index contributed by atoms with van der Waals surface area (Å²) in [7, 11) is 2.13. The minimum Gasteiger partial charge on any atom is -0.443 e. The van der Waals surface area contributed by atoms with E-state index in [2.05, 4.69) is 23.0 Å². The maximum atomic E-state index is 12.3. The van der Waals surface area contributed by atoms with E-state index < -0.39 is 5.76 Å². The van der Waals surface area contributed by atoms with E-state index >= 15 is 0 Å². The quantitative estimate of drug-likeness (QED) is 0.609. The summed E-state index contributed by atoms with van der Waals surface area (Å²) in [6.07, 6.45) is 4.00. The van der Waals surface area contributed by atoms with Gasteiger partial charge in [0.1, 0.15) is 6.10 Å². The Hall–Kier alpha value is -2.77. The molecular formula is C24H28ClN3O4. The molecule has 1 saturated carbocycles. The zero-order valence-electron chi connectivity index (χ0n) is 18.0. The van der Waals surface area contributed by atoms with Crippen LogP contribution < -0.4 is 10.7 Å². The molecule has 170 valence electrons. The molecule has 0 spiro atoms. The number of carbonyl (C=O) groups excluding carboxylic acids is 1. The Morgan fingerprint density at radius 1 is 1.06 bits per heavy atom. The number of carbonyl (C=O) groups is 1. The second-order valence-electron chi connectivity index (χ2n) is 8.67. The number of halogens is 1. The second-order valence-corrected chi connectivity index (χ2v) is 8.67. The van der Waals surface area contributed by atoms with Crippen LogP contribution in [0, 0.1) is 0 Å². The van der Waals surface area contributed by atoms with Crippen molar-refractivity contribution in [1.29, 1.82) is 0 Å². The van der Waals surface area contributed by atoms with Crippen LogP contribution in [0.3, 0.4) is 0 Å². The van der Waals surface area contributed by atoms with Gasteiger partial charge in [0.15, 0.2) is 5.58 Å². The van der Waals surface area contributed by atoms with Crippen LogP contribution in [0.25, 0.3) is 11.1 Å². The number of aromatic nitrogens is 1. The minimum atomic E-state index is -0.407. The molecule has 1 saturated heterocycles. The number of cyclic esters (lactones) is 1. The average molecular weight is 458 g/mol. The molecule has 1 aliphatic carbocycles. The number of aromatic amines is 1. The van der Waals surface area contributed by atoms with Crippen molar-refractivity contribution >= 4 is 35.3 Å². The van der Waals surface area contributed by atoms with E-state index in [0.29, 0.717) is 24.1 Å². The second kappa shape index (κ2) is 9.38. The number of H-pyrrole nitrogens is 1. The van der Waals surface area contributed by atoms with Crippen LogP contribution in [0.2, 0.25) is 0 Å². The Balaban J connectivity index is 0.00000245. The largest absolute Gasteiger partial charge is 0.443 e. The number of ether oxygens (including phenoxy) is 1. The molecular weight excluding hydrogens is 430 g/mol. The molecule has 1 N–H and O–H groups in total. The van der Waals surface area contributed by atoms with E-state index in [-0.39, 0.29) is 24.6 Å². The predicted molar refractivity (Wildman–Crippen MR) is 126 cm³/mol. The lowest BCUT2D eigenvalue weighted by molar-refractivity contribution is 0.0912. The third-order valence-corrected chi connectivity index (χ3v) is 6.67. The highest BCUT2D eigenvalue weighted by molar-refractivity contribution is 5.89. The van der Waals surface area contributed by atoms with Crippen molar-refractivity contribution in [2.45, 2.75) is 43.7 Å². The van der Waals surface area contributed by atoms with Crippen molar-refractivity contribution in [3.8, 4) is 0 Å². The summed E-state index contributed by atoms with van der Waals surface area (Å²) in [5, 5.41) is 0. The van der Waals surface area contributed by atoms with E-state index in [9.17, 15) is 9.59 Å². The first-order valence-electron chi connectivity index (χ1n) is 10.9. The first kappa shape index (κ1) is 22.4.